The van der Waals surface area contributed by atoms with E-state index in [0.29, 0.717) is 22.5 Å². The summed E-state index contributed by atoms with van der Waals surface area (Å²) in [4.78, 5) is 11.5. The third-order valence-corrected chi connectivity index (χ3v) is 3.96. The first-order chi connectivity index (χ1) is 11.0. The molecule has 23 heavy (non-hydrogen) atoms. The Kier molecular flexibility index (Phi) is 3.73. The number of fused-ring (bicyclic) bond motifs is 1. The summed E-state index contributed by atoms with van der Waals surface area (Å²) in [5, 5.41) is 20.1. The molecule has 0 fully saturated rings. The highest BCUT2D eigenvalue weighted by Gasteiger charge is 2.15. The summed E-state index contributed by atoms with van der Waals surface area (Å²) >= 11 is 6.00. The number of aromatic nitrogens is 1. The van der Waals surface area contributed by atoms with Crippen molar-refractivity contribution in [3.8, 4) is 18.1 Å². The lowest BCUT2D eigenvalue weighted by Gasteiger charge is -2.10. The van der Waals surface area contributed by atoms with Crippen LogP contribution in [-0.2, 0) is 6.54 Å². The molecule has 0 saturated heterocycles. The molecule has 0 aliphatic heterocycles. The van der Waals surface area contributed by atoms with Crippen LogP contribution in [0.4, 0.5) is 0 Å². The average molecular weight is 326 g/mol. The van der Waals surface area contributed by atoms with Gasteiger partial charge in [0.15, 0.2) is 0 Å². The Morgan fingerprint density at radius 2 is 2.00 bits per heavy atom. The first kappa shape index (κ1) is 15.0. The van der Waals surface area contributed by atoms with E-state index in [1.807, 2.05) is 0 Å². The summed E-state index contributed by atoms with van der Waals surface area (Å²) < 4.78 is 1.67. The number of carboxylic acid groups (broad SMARTS) is 1. The van der Waals surface area contributed by atoms with Gasteiger partial charge in [-0.15, -0.1) is 6.42 Å². The van der Waals surface area contributed by atoms with Gasteiger partial charge in [0.2, 0.25) is 0 Å². The van der Waals surface area contributed by atoms with Crippen LogP contribution in [0.15, 0.2) is 42.5 Å². The SMILES string of the molecule is C#Cc1cc(Cn2c(C(=O)O)cc3cc(O)ccc32)ccc1Cl. The summed E-state index contributed by atoms with van der Waals surface area (Å²) in [5.74, 6) is 1.56. The van der Waals surface area contributed by atoms with Gasteiger partial charge in [-0.3, -0.25) is 0 Å². The number of benzene rings is 2. The Hall–Kier alpha value is -2.90. The summed E-state index contributed by atoms with van der Waals surface area (Å²) in [6.07, 6.45) is 5.42. The van der Waals surface area contributed by atoms with Crippen molar-refractivity contribution in [2.75, 3.05) is 0 Å². The molecule has 2 aromatic carbocycles. The second kappa shape index (κ2) is 5.71. The monoisotopic (exact) mass is 325 g/mol. The first-order valence-corrected chi connectivity index (χ1v) is 7.18. The fourth-order valence-electron chi connectivity index (χ4n) is 2.57. The Labute approximate surface area is 137 Å². The number of hydrogen-bond acceptors (Lipinski definition) is 2. The van der Waals surface area contributed by atoms with Crippen molar-refractivity contribution in [3.05, 3.63) is 64.3 Å². The smallest absolute Gasteiger partial charge is 0.352 e. The maximum absolute atomic E-state index is 11.5. The third kappa shape index (κ3) is 2.75. The highest BCUT2D eigenvalue weighted by atomic mass is 35.5. The van der Waals surface area contributed by atoms with Gasteiger partial charge in [0, 0.05) is 23.0 Å². The number of rotatable bonds is 3. The fraction of sp³-hybridized carbons (Fsp3) is 0.0556. The van der Waals surface area contributed by atoms with Gasteiger partial charge in [0.25, 0.3) is 0 Å². The van der Waals surface area contributed by atoms with Gasteiger partial charge in [-0.1, -0.05) is 23.6 Å². The lowest BCUT2D eigenvalue weighted by molar-refractivity contribution is 0.0686. The summed E-state index contributed by atoms with van der Waals surface area (Å²) in [5.41, 5.74) is 2.27. The van der Waals surface area contributed by atoms with Crippen molar-refractivity contribution in [1.82, 2.24) is 4.57 Å². The van der Waals surface area contributed by atoms with Crippen LogP contribution in [0.2, 0.25) is 5.02 Å². The number of terminal acetylenes is 1. The third-order valence-electron chi connectivity index (χ3n) is 3.63. The number of halogens is 1. The van der Waals surface area contributed by atoms with Crippen LogP contribution >= 0.6 is 11.6 Å². The van der Waals surface area contributed by atoms with Crippen LogP contribution in [-0.4, -0.2) is 20.7 Å². The van der Waals surface area contributed by atoms with Crippen molar-refractivity contribution in [3.63, 3.8) is 0 Å². The van der Waals surface area contributed by atoms with Crippen molar-refractivity contribution >= 4 is 28.5 Å². The predicted molar refractivity (Wildman–Crippen MR) is 89.1 cm³/mol. The van der Waals surface area contributed by atoms with Gasteiger partial charge in [0.05, 0.1) is 5.02 Å². The molecule has 1 heterocycles. The number of nitrogens with zero attached hydrogens (tertiary/aromatic N) is 1. The standard InChI is InChI=1S/C18H12ClNO3/c1-2-12-7-11(3-5-15(12)19)10-20-16-6-4-14(21)8-13(16)9-17(20)18(22)23/h1,3-9,21H,10H2,(H,22,23). The number of phenols is 1. The highest BCUT2D eigenvalue weighted by Crippen LogP contribution is 2.26. The largest absolute Gasteiger partial charge is 0.508 e. The van der Waals surface area contributed by atoms with E-state index in [1.54, 1.807) is 28.8 Å². The minimum Gasteiger partial charge on any atom is -0.508 e. The van der Waals surface area contributed by atoms with Gasteiger partial charge in [-0.05, 0) is 42.0 Å². The number of carbonyl (C=O) groups is 1. The molecule has 0 saturated carbocycles. The Morgan fingerprint density at radius 3 is 2.70 bits per heavy atom. The molecule has 0 bridgehead atoms. The Bertz CT molecular complexity index is 966. The zero-order valence-electron chi connectivity index (χ0n) is 12.0. The Morgan fingerprint density at radius 1 is 1.22 bits per heavy atom. The average Bonchev–Trinajstić information content (AvgIpc) is 2.87. The highest BCUT2D eigenvalue weighted by molar-refractivity contribution is 6.31. The van der Waals surface area contributed by atoms with E-state index in [9.17, 15) is 15.0 Å². The molecule has 0 aliphatic carbocycles. The van der Waals surface area contributed by atoms with E-state index in [4.69, 9.17) is 18.0 Å². The molecule has 0 spiro atoms. The number of aromatic carboxylic acids is 1. The summed E-state index contributed by atoms with van der Waals surface area (Å²) in [7, 11) is 0. The van der Waals surface area contributed by atoms with Crippen LogP contribution in [0.1, 0.15) is 21.6 Å². The lowest BCUT2D eigenvalue weighted by atomic mass is 10.1. The zero-order chi connectivity index (χ0) is 16.6. The quantitative estimate of drug-likeness (QED) is 0.721. The molecule has 114 valence electrons. The van der Waals surface area contributed by atoms with Gasteiger partial charge < -0.3 is 14.8 Å². The normalized spacial score (nSPS) is 10.6. The zero-order valence-corrected chi connectivity index (χ0v) is 12.7. The van der Waals surface area contributed by atoms with E-state index >= 15 is 0 Å². The number of aromatic hydroxyl groups is 1. The molecule has 0 atom stereocenters. The minimum atomic E-state index is -1.04. The predicted octanol–water partition coefficient (Wildman–Crippen LogP) is 3.73. The molecule has 0 amide bonds. The molecular weight excluding hydrogens is 314 g/mol. The first-order valence-electron chi connectivity index (χ1n) is 6.80. The van der Waals surface area contributed by atoms with E-state index in [-0.39, 0.29) is 11.4 Å². The van der Waals surface area contributed by atoms with Gasteiger partial charge >= 0.3 is 5.97 Å². The van der Waals surface area contributed by atoms with E-state index in [0.717, 1.165) is 11.1 Å². The number of carboxylic acids is 1. The van der Waals surface area contributed by atoms with Crippen LogP contribution in [0, 0.1) is 12.3 Å². The van der Waals surface area contributed by atoms with Crippen molar-refractivity contribution < 1.29 is 15.0 Å². The molecule has 4 nitrogen and oxygen atoms in total. The molecule has 0 aliphatic rings. The molecule has 0 radical (unpaired) electrons. The second-order valence-electron chi connectivity index (χ2n) is 5.12. The topological polar surface area (TPSA) is 62.5 Å². The van der Waals surface area contributed by atoms with Crippen molar-refractivity contribution in [2.45, 2.75) is 6.54 Å². The van der Waals surface area contributed by atoms with Crippen molar-refractivity contribution in [2.24, 2.45) is 0 Å². The van der Waals surface area contributed by atoms with Crippen LogP contribution < -0.4 is 0 Å². The molecule has 1 aromatic heterocycles. The minimum absolute atomic E-state index is 0.0905. The molecule has 5 heteroatoms. The Balaban J connectivity index is 2.14. The molecular formula is C18H12ClNO3. The summed E-state index contributed by atoms with van der Waals surface area (Å²) in [6, 6.07) is 11.6. The van der Waals surface area contributed by atoms with Crippen LogP contribution in [0.5, 0.6) is 5.75 Å². The van der Waals surface area contributed by atoms with Gasteiger partial charge in [-0.25, -0.2) is 4.79 Å². The van der Waals surface area contributed by atoms with Crippen molar-refractivity contribution in [1.29, 1.82) is 0 Å². The van der Waals surface area contributed by atoms with Crippen LogP contribution in [0.25, 0.3) is 10.9 Å². The lowest BCUT2D eigenvalue weighted by Crippen LogP contribution is -2.09. The number of hydrogen-bond donors (Lipinski definition) is 2. The number of phenolic OH excluding ortho intramolecular Hbond substituents is 1. The maximum Gasteiger partial charge on any atom is 0.352 e. The molecule has 3 rings (SSSR count). The molecule has 0 unspecified atom stereocenters. The van der Waals surface area contributed by atoms with E-state index < -0.39 is 5.97 Å². The van der Waals surface area contributed by atoms with E-state index in [1.165, 1.54) is 18.2 Å². The van der Waals surface area contributed by atoms with Crippen LogP contribution in [0.3, 0.4) is 0 Å². The molecule has 3 aromatic rings. The fourth-order valence-corrected chi connectivity index (χ4v) is 2.74. The maximum atomic E-state index is 11.5. The summed E-state index contributed by atoms with van der Waals surface area (Å²) in [6.45, 7) is 0.335. The van der Waals surface area contributed by atoms with Gasteiger partial charge in [0.1, 0.15) is 11.4 Å². The second-order valence-corrected chi connectivity index (χ2v) is 5.53. The van der Waals surface area contributed by atoms with Gasteiger partial charge in [-0.2, -0.15) is 0 Å². The van der Waals surface area contributed by atoms with E-state index in [2.05, 4.69) is 5.92 Å². The molecule has 2 N–H and O–H groups in total.